The number of aromatic nitrogens is 1. The van der Waals surface area contributed by atoms with Gasteiger partial charge in [-0.1, -0.05) is 66.7 Å². The van der Waals surface area contributed by atoms with Gasteiger partial charge in [0.2, 0.25) is 0 Å². The van der Waals surface area contributed by atoms with Crippen molar-refractivity contribution in [3.8, 4) is 11.1 Å². The molecule has 0 unspecified atom stereocenters. The first-order chi connectivity index (χ1) is 17.6. The Bertz CT molecular complexity index is 1660. The number of aromatic amines is 1. The summed E-state index contributed by atoms with van der Waals surface area (Å²) in [5.41, 5.74) is 6.05. The fourth-order valence-electron chi connectivity index (χ4n) is 4.40. The van der Waals surface area contributed by atoms with Gasteiger partial charge in [-0.05, 0) is 59.7 Å². The van der Waals surface area contributed by atoms with E-state index in [4.69, 9.17) is 5.10 Å². The van der Waals surface area contributed by atoms with Gasteiger partial charge in [-0.25, -0.2) is 13.4 Å². The van der Waals surface area contributed by atoms with Crippen molar-refractivity contribution in [3.63, 3.8) is 0 Å². The number of hydrogen-bond acceptors (Lipinski definition) is 4. The molecule has 2 N–H and O–H groups in total. The van der Waals surface area contributed by atoms with Gasteiger partial charge in [0, 0.05) is 23.0 Å². The molecule has 7 heteroatoms. The number of rotatable bonds is 6. The second-order valence-corrected chi connectivity index (χ2v) is 10.1. The van der Waals surface area contributed by atoms with Gasteiger partial charge in [-0.15, -0.1) is 0 Å². The number of hydrazone groups is 1. The first kappa shape index (κ1) is 21.9. The molecule has 0 spiro atoms. The molecule has 0 bridgehead atoms. The highest BCUT2D eigenvalue weighted by Crippen LogP contribution is 2.39. The second-order valence-electron chi connectivity index (χ2n) is 8.38. The van der Waals surface area contributed by atoms with Crippen LogP contribution < -0.4 is 9.73 Å². The lowest BCUT2D eigenvalue weighted by molar-refractivity contribution is 0.601. The molecule has 176 valence electrons. The van der Waals surface area contributed by atoms with E-state index in [9.17, 15) is 8.42 Å². The first-order valence-corrected chi connectivity index (χ1v) is 13.0. The Morgan fingerprint density at radius 3 is 2.06 bits per heavy atom. The predicted octanol–water partition coefficient (Wildman–Crippen LogP) is 6.39. The minimum atomic E-state index is -3.72. The molecule has 0 radical (unpaired) electrons. The van der Waals surface area contributed by atoms with E-state index in [2.05, 4.69) is 15.8 Å². The van der Waals surface area contributed by atoms with E-state index in [1.807, 2.05) is 84.0 Å². The summed E-state index contributed by atoms with van der Waals surface area (Å²) in [6.07, 6.45) is 1.86. The highest BCUT2D eigenvalue weighted by Gasteiger charge is 2.27. The molecule has 5 aromatic rings. The molecule has 1 aromatic heterocycles. The predicted molar refractivity (Wildman–Crippen MR) is 144 cm³/mol. The lowest BCUT2D eigenvalue weighted by atomic mass is 10.1. The molecule has 0 saturated carbocycles. The number of H-pyrrole nitrogens is 1. The molecule has 1 aliphatic carbocycles. The molecule has 0 atom stereocenters. The van der Waals surface area contributed by atoms with Crippen LogP contribution in [0.25, 0.3) is 11.1 Å². The molecule has 0 amide bonds. The maximum atomic E-state index is 13.0. The minimum Gasteiger partial charge on any atom is -0.347 e. The molecule has 4 aromatic carbocycles. The smallest absolute Gasteiger partial charge is 0.261 e. The fraction of sp³-hybridized carbons (Fsp3) is 0. The quantitative estimate of drug-likeness (QED) is 0.266. The van der Waals surface area contributed by atoms with Crippen LogP contribution >= 0.6 is 0 Å². The SMILES string of the molecule is O=S(=O)(Nc1ccc2c(c1)/C(=N\N(c1ccccc1)c1ccc[nH]1)c1ccccc1-2)c1ccccc1. The summed E-state index contributed by atoms with van der Waals surface area (Å²) in [6, 6.07) is 35.8. The molecule has 6 rings (SSSR count). The summed E-state index contributed by atoms with van der Waals surface area (Å²) in [6.45, 7) is 0. The summed E-state index contributed by atoms with van der Waals surface area (Å²) in [7, 11) is -3.72. The number of hydrogen-bond donors (Lipinski definition) is 2. The van der Waals surface area contributed by atoms with E-state index >= 15 is 0 Å². The van der Waals surface area contributed by atoms with Gasteiger partial charge in [0.15, 0.2) is 0 Å². The summed E-state index contributed by atoms with van der Waals surface area (Å²) in [5.74, 6) is 0.820. The van der Waals surface area contributed by atoms with Crippen LogP contribution in [0.5, 0.6) is 0 Å². The lowest BCUT2D eigenvalue weighted by Gasteiger charge is -2.19. The lowest BCUT2D eigenvalue weighted by Crippen LogP contribution is -2.15. The maximum Gasteiger partial charge on any atom is 0.261 e. The molecule has 36 heavy (non-hydrogen) atoms. The zero-order valence-electron chi connectivity index (χ0n) is 19.2. The first-order valence-electron chi connectivity index (χ1n) is 11.5. The van der Waals surface area contributed by atoms with Crippen LogP contribution in [0.2, 0.25) is 0 Å². The van der Waals surface area contributed by atoms with Gasteiger partial charge in [0.1, 0.15) is 5.82 Å². The van der Waals surface area contributed by atoms with Crippen LogP contribution in [0, 0.1) is 0 Å². The third-order valence-electron chi connectivity index (χ3n) is 6.06. The Kier molecular flexibility index (Phi) is 5.39. The highest BCUT2D eigenvalue weighted by atomic mass is 32.2. The van der Waals surface area contributed by atoms with Gasteiger partial charge in [0.05, 0.1) is 16.3 Å². The Morgan fingerprint density at radius 2 is 1.33 bits per heavy atom. The standard InChI is InChI=1S/C29H22N4O2S/c34-36(35,23-12-5-2-6-13-23)32-21-17-18-25-24-14-7-8-15-26(24)29(27(25)20-21)31-33(28-16-9-19-30-28)22-10-3-1-4-11-22/h1-20,30,32H/b31-29-. The summed E-state index contributed by atoms with van der Waals surface area (Å²) < 4.78 is 28.7. The molecule has 1 aliphatic rings. The van der Waals surface area contributed by atoms with Crippen LogP contribution in [0.1, 0.15) is 11.1 Å². The van der Waals surface area contributed by atoms with E-state index in [0.717, 1.165) is 39.5 Å². The third-order valence-corrected chi connectivity index (χ3v) is 7.46. The molecular weight excluding hydrogens is 468 g/mol. The average molecular weight is 491 g/mol. The average Bonchev–Trinajstić information content (AvgIpc) is 3.55. The Labute approximate surface area is 209 Å². The maximum absolute atomic E-state index is 13.0. The molecular formula is C29H22N4O2S. The van der Waals surface area contributed by atoms with Crippen molar-refractivity contribution in [3.05, 3.63) is 133 Å². The second kappa shape index (κ2) is 8.87. The van der Waals surface area contributed by atoms with Crippen molar-refractivity contribution in [1.82, 2.24) is 4.98 Å². The van der Waals surface area contributed by atoms with Crippen LogP contribution in [0.4, 0.5) is 17.2 Å². The summed E-state index contributed by atoms with van der Waals surface area (Å²) in [4.78, 5) is 3.46. The molecule has 0 aliphatic heterocycles. The van der Waals surface area contributed by atoms with E-state index in [1.165, 1.54) is 0 Å². The van der Waals surface area contributed by atoms with Crippen LogP contribution in [-0.4, -0.2) is 19.1 Å². The monoisotopic (exact) mass is 490 g/mol. The molecule has 0 fully saturated rings. The van der Waals surface area contributed by atoms with Gasteiger partial charge in [-0.3, -0.25) is 4.72 Å². The van der Waals surface area contributed by atoms with Gasteiger partial charge >= 0.3 is 0 Å². The van der Waals surface area contributed by atoms with Gasteiger partial charge < -0.3 is 4.98 Å². The van der Waals surface area contributed by atoms with Gasteiger partial charge in [0.25, 0.3) is 10.0 Å². The fourth-order valence-corrected chi connectivity index (χ4v) is 5.47. The number of nitrogens with one attached hydrogen (secondary N) is 2. The van der Waals surface area contributed by atoms with Crippen molar-refractivity contribution in [2.45, 2.75) is 4.90 Å². The van der Waals surface area contributed by atoms with Crippen molar-refractivity contribution >= 4 is 32.9 Å². The number of benzene rings is 4. The van der Waals surface area contributed by atoms with E-state index in [1.54, 1.807) is 36.4 Å². The van der Waals surface area contributed by atoms with Crippen molar-refractivity contribution in [2.24, 2.45) is 5.10 Å². The summed E-state index contributed by atoms with van der Waals surface area (Å²) in [5, 5.41) is 6.97. The van der Waals surface area contributed by atoms with Crippen molar-refractivity contribution < 1.29 is 8.42 Å². The topological polar surface area (TPSA) is 77.6 Å². The normalized spacial score (nSPS) is 13.3. The molecule has 6 nitrogen and oxygen atoms in total. The highest BCUT2D eigenvalue weighted by molar-refractivity contribution is 7.92. The number of nitrogens with zero attached hydrogens (tertiary/aromatic N) is 2. The van der Waals surface area contributed by atoms with Gasteiger partial charge in [-0.2, -0.15) is 5.10 Å². The van der Waals surface area contributed by atoms with Crippen molar-refractivity contribution in [1.29, 1.82) is 0 Å². The Morgan fingerprint density at radius 1 is 0.667 bits per heavy atom. The van der Waals surface area contributed by atoms with Crippen molar-refractivity contribution in [2.75, 3.05) is 9.73 Å². The van der Waals surface area contributed by atoms with Crippen LogP contribution in [0.15, 0.2) is 131 Å². The minimum absolute atomic E-state index is 0.213. The third kappa shape index (κ3) is 3.95. The number of anilines is 3. The number of sulfonamides is 1. The Balaban J connectivity index is 1.48. The van der Waals surface area contributed by atoms with Crippen LogP contribution in [0.3, 0.4) is 0 Å². The molecule has 1 heterocycles. The van der Waals surface area contributed by atoms with E-state index < -0.39 is 10.0 Å². The van der Waals surface area contributed by atoms with Crippen LogP contribution in [-0.2, 0) is 10.0 Å². The zero-order chi connectivity index (χ0) is 24.5. The molecule has 0 saturated heterocycles. The zero-order valence-corrected chi connectivity index (χ0v) is 20.0. The largest absolute Gasteiger partial charge is 0.347 e. The van der Waals surface area contributed by atoms with E-state index in [0.29, 0.717) is 5.69 Å². The number of para-hydroxylation sites is 1. The Hall–Kier alpha value is -4.62. The summed E-state index contributed by atoms with van der Waals surface area (Å²) >= 11 is 0. The number of fused-ring (bicyclic) bond motifs is 3. The van der Waals surface area contributed by atoms with E-state index in [-0.39, 0.29) is 4.90 Å².